The van der Waals surface area contributed by atoms with Crippen molar-refractivity contribution in [1.82, 2.24) is 0 Å². The minimum Gasteiger partial charge on any atom is -0.307 e. The third-order valence-electron chi connectivity index (χ3n) is 4.33. The number of guanidine groups is 1. The van der Waals surface area contributed by atoms with Gasteiger partial charge in [0.25, 0.3) is 0 Å². The van der Waals surface area contributed by atoms with Crippen molar-refractivity contribution in [2.45, 2.75) is 0 Å². The lowest BCUT2D eigenvalue weighted by Crippen LogP contribution is -2.36. The van der Waals surface area contributed by atoms with Crippen LogP contribution in [0.1, 0.15) is 27.0 Å². The smallest absolute Gasteiger partial charge is 0.206 e. The normalized spacial score (nSPS) is 20.3. The van der Waals surface area contributed by atoms with E-state index in [0.717, 1.165) is 17.0 Å². The number of alkyl halides is 1. The fraction of sp³-hybridized carbons (Fsp3) is 0.211. The van der Waals surface area contributed by atoms with Crippen LogP contribution >= 0.6 is 27.5 Å². The number of benzene rings is 2. The number of carbonyl (C=O) groups is 1. The zero-order valence-corrected chi connectivity index (χ0v) is 16.3. The Morgan fingerprint density at radius 3 is 2.96 bits per heavy atom. The Hall–Kier alpha value is -2.50. The van der Waals surface area contributed by atoms with Crippen molar-refractivity contribution in [2.75, 3.05) is 36.0 Å². The molecule has 2 aliphatic rings. The number of nitriles is 1. The highest BCUT2D eigenvalue weighted by molar-refractivity contribution is 9.10. The maximum absolute atomic E-state index is 13.8. The molecule has 0 amide bonds. The second-order valence-corrected chi connectivity index (χ2v) is 7.11. The van der Waals surface area contributed by atoms with Gasteiger partial charge >= 0.3 is 0 Å². The summed E-state index contributed by atoms with van der Waals surface area (Å²) in [5.74, 6) is -1.74. The van der Waals surface area contributed by atoms with Gasteiger partial charge in [-0.25, -0.2) is 8.78 Å². The Labute approximate surface area is 178 Å². The first-order valence-electron chi connectivity index (χ1n) is 9.96. The van der Waals surface area contributed by atoms with Crippen molar-refractivity contribution >= 4 is 50.6 Å². The first-order chi connectivity index (χ1) is 15.0. The van der Waals surface area contributed by atoms with Crippen LogP contribution in [0.5, 0.6) is 0 Å². The predicted octanol–water partition coefficient (Wildman–Crippen LogP) is 4.31. The van der Waals surface area contributed by atoms with Gasteiger partial charge in [-0.2, -0.15) is 5.26 Å². The summed E-state index contributed by atoms with van der Waals surface area (Å²) in [7, 11) is 0. The maximum atomic E-state index is 13.8. The van der Waals surface area contributed by atoms with Gasteiger partial charge in [0.15, 0.2) is 5.78 Å². The number of hydrogen-bond donors (Lipinski definition) is 0. The molecule has 0 radical (unpaired) electrons. The number of fused-ring (bicyclic) bond motifs is 3. The van der Waals surface area contributed by atoms with Gasteiger partial charge in [0.1, 0.15) is 18.6 Å². The van der Waals surface area contributed by atoms with Gasteiger partial charge in [-0.3, -0.25) is 9.79 Å². The average molecular weight is 470 g/mol. The first kappa shape index (κ1) is 14.5. The molecule has 2 aromatic carbocycles. The van der Waals surface area contributed by atoms with Crippen molar-refractivity contribution in [3.63, 3.8) is 0 Å². The van der Waals surface area contributed by atoms with Gasteiger partial charge in [-0.1, -0.05) is 11.6 Å². The molecule has 4 rings (SSSR count). The monoisotopic (exact) mass is 468 g/mol. The number of halogens is 4. The highest BCUT2D eigenvalue weighted by atomic mass is 79.9. The third kappa shape index (κ3) is 2.77. The Bertz CT molecular complexity index is 1250. The molecule has 0 aliphatic carbocycles. The molecule has 28 heavy (non-hydrogen) atoms. The van der Waals surface area contributed by atoms with E-state index in [9.17, 15) is 18.8 Å². The molecular formula is C19H12BrClF2N4O. The molecule has 0 fully saturated rings. The number of nitrogens with zero attached hydrogens (tertiary/aromatic N) is 4. The minimum absolute atomic E-state index is 0.0539. The summed E-state index contributed by atoms with van der Waals surface area (Å²) in [6.07, 6.45) is 0. The van der Waals surface area contributed by atoms with Gasteiger partial charge in [-0.05, 0) is 40.2 Å². The maximum Gasteiger partial charge on any atom is 0.206 e. The summed E-state index contributed by atoms with van der Waals surface area (Å²) in [5, 5.41) is 9.90. The van der Waals surface area contributed by atoms with Crippen LogP contribution in [0.15, 0.2) is 33.7 Å². The third-order valence-corrected chi connectivity index (χ3v) is 5.28. The molecule has 0 bridgehead atoms. The van der Waals surface area contributed by atoms with E-state index in [2.05, 4.69) is 20.9 Å². The van der Waals surface area contributed by atoms with Crippen LogP contribution in [0.25, 0.3) is 0 Å². The fourth-order valence-electron chi connectivity index (χ4n) is 3.17. The Morgan fingerprint density at radius 2 is 2.25 bits per heavy atom. The van der Waals surface area contributed by atoms with E-state index in [1.807, 2.05) is 6.07 Å². The molecule has 0 spiro atoms. The van der Waals surface area contributed by atoms with Gasteiger partial charge < -0.3 is 9.80 Å². The van der Waals surface area contributed by atoms with Crippen LogP contribution in [-0.4, -0.2) is 38.0 Å². The van der Waals surface area contributed by atoms with E-state index < -0.39 is 31.3 Å². The zero-order valence-electron chi connectivity index (χ0n) is 17.9. The van der Waals surface area contributed by atoms with Crippen molar-refractivity contribution < 1.29 is 19.1 Å². The largest absolute Gasteiger partial charge is 0.307 e. The summed E-state index contributed by atoms with van der Waals surface area (Å²) in [4.78, 5) is 19.2. The van der Waals surface area contributed by atoms with Crippen molar-refractivity contribution in [1.29, 1.82) is 5.26 Å². The van der Waals surface area contributed by atoms with Crippen LogP contribution in [0.3, 0.4) is 0 Å². The van der Waals surface area contributed by atoms with E-state index in [4.69, 9.17) is 17.1 Å². The topological polar surface area (TPSA) is 59.7 Å². The molecule has 0 N–H and O–H groups in total. The summed E-state index contributed by atoms with van der Waals surface area (Å²) >= 11 is 9.30. The summed E-state index contributed by atoms with van der Waals surface area (Å²) in [6.45, 7) is -6.59. The fourth-order valence-corrected chi connectivity index (χ4v) is 3.97. The highest BCUT2D eigenvalue weighted by Crippen LogP contribution is 2.46. The molecule has 0 saturated heterocycles. The zero-order chi connectivity index (χ0) is 23.6. The van der Waals surface area contributed by atoms with E-state index in [1.165, 1.54) is 17.0 Å². The van der Waals surface area contributed by atoms with E-state index >= 15 is 0 Å². The van der Waals surface area contributed by atoms with Crippen LogP contribution in [0.2, 0.25) is 5.02 Å². The van der Waals surface area contributed by atoms with E-state index in [-0.39, 0.29) is 50.1 Å². The van der Waals surface area contributed by atoms with Crippen LogP contribution in [0, 0.1) is 17.1 Å². The van der Waals surface area contributed by atoms with Crippen molar-refractivity contribution in [3.05, 3.63) is 56.3 Å². The molecule has 2 aliphatic heterocycles. The Morgan fingerprint density at radius 1 is 1.46 bits per heavy atom. The van der Waals surface area contributed by atoms with Gasteiger partial charge in [0.05, 0.1) is 46.0 Å². The summed E-state index contributed by atoms with van der Waals surface area (Å²) in [6, 6.07) is 6.44. The van der Waals surface area contributed by atoms with Gasteiger partial charge in [0, 0.05) is 16.5 Å². The molecule has 0 unspecified atom stereocenters. The lowest BCUT2D eigenvalue weighted by Gasteiger charge is -2.17. The van der Waals surface area contributed by atoms with Crippen LogP contribution < -0.4 is 9.80 Å². The second-order valence-electron chi connectivity index (χ2n) is 5.85. The van der Waals surface area contributed by atoms with Crippen molar-refractivity contribution in [2.24, 2.45) is 4.99 Å². The minimum atomic E-state index is -2.74. The molecule has 0 atom stereocenters. The van der Waals surface area contributed by atoms with E-state index in [1.54, 1.807) is 0 Å². The number of ketones is 1. The van der Waals surface area contributed by atoms with Crippen molar-refractivity contribution in [3.8, 4) is 6.07 Å². The average Bonchev–Trinajstić information content (AvgIpc) is 3.10. The first-order valence-corrected chi connectivity index (χ1v) is 9.13. The summed E-state index contributed by atoms with van der Waals surface area (Å²) in [5.41, 5.74) is -0.703. The molecule has 142 valence electrons. The molecule has 9 heteroatoms. The molecule has 2 aromatic rings. The summed E-state index contributed by atoms with van der Waals surface area (Å²) < 4.78 is 59.7. The molecule has 2 heterocycles. The quantitative estimate of drug-likeness (QED) is 0.626. The van der Waals surface area contributed by atoms with Gasteiger partial charge in [0.2, 0.25) is 5.96 Å². The second kappa shape index (κ2) is 7.15. The molecule has 0 saturated carbocycles. The lowest BCUT2D eigenvalue weighted by atomic mass is 9.96. The molecule has 0 aromatic heterocycles. The Balaban J connectivity index is 2.01. The lowest BCUT2D eigenvalue weighted by molar-refractivity contribution is 0.103. The highest BCUT2D eigenvalue weighted by Gasteiger charge is 2.39. The Kier molecular flexibility index (Phi) is 3.70. The SMILES string of the molecule is [2H]C1([2H])N=C2N(CCF)c3cc(Br)c(C(=O)c4cc(F)ccc4Cl)c(C#N)c3N2C1([2H])[2H]. The van der Waals surface area contributed by atoms with Crippen LogP contribution in [0.4, 0.5) is 20.2 Å². The number of rotatable bonds is 4. The number of hydrogen-bond acceptors (Lipinski definition) is 5. The predicted molar refractivity (Wildman–Crippen MR) is 107 cm³/mol. The molecule has 5 nitrogen and oxygen atoms in total. The van der Waals surface area contributed by atoms with Gasteiger partial charge in [-0.15, -0.1) is 0 Å². The van der Waals surface area contributed by atoms with Crippen LogP contribution in [-0.2, 0) is 0 Å². The molecular weight excluding hydrogens is 454 g/mol. The number of carbonyl (C=O) groups excluding carboxylic acids is 1. The van der Waals surface area contributed by atoms with E-state index in [0.29, 0.717) is 0 Å². The standard InChI is InChI=1S/C19H12BrClF2N4O/c20-13-8-15-17(27-6-4-25-19(27)26(15)5-3-22)12(9-24)16(13)18(28)11-7-10(23)1-2-14(11)21/h1-2,7-8H,3-6H2/i4D2,6D2. The number of aliphatic imine (C=N–C) groups is 1. The number of anilines is 2.